The lowest BCUT2D eigenvalue weighted by Gasteiger charge is -2.34. The monoisotopic (exact) mass is 866 g/mol. The molecule has 4 aliphatic heterocycles. The molecule has 0 unspecified atom stereocenters. The Morgan fingerprint density at radius 2 is 1.02 bits per heavy atom. The Bertz CT molecular complexity index is 2430. The van der Waals surface area contributed by atoms with Crippen molar-refractivity contribution in [1.29, 1.82) is 0 Å². The smallest absolute Gasteiger partial charge is 0.287 e. The highest BCUT2D eigenvalue weighted by molar-refractivity contribution is 7.89. The molecule has 4 aromatic rings. The van der Waals surface area contributed by atoms with Gasteiger partial charge in [0.2, 0.25) is 20.0 Å². The van der Waals surface area contributed by atoms with Gasteiger partial charge in [0.25, 0.3) is 23.6 Å². The molecule has 0 bridgehead atoms. The minimum atomic E-state index is -3.83. The maximum absolute atomic E-state index is 14.1. The van der Waals surface area contributed by atoms with Gasteiger partial charge < -0.3 is 9.80 Å². The number of nitrogens with zero attached hydrogens (tertiary/aromatic N) is 8. The summed E-state index contributed by atoms with van der Waals surface area (Å²) in [6.45, 7) is 5.02. The second-order valence-corrected chi connectivity index (χ2v) is 20.4. The van der Waals surface area contributed by atoms with Crippen molar-refractivity contribution in [2.75, 3.05) is 48.5 Å². The zero-order valence-electron chi connectivity index (χ0n) is 32.4. The van der Waals surface area contributed by atoms with Gasteiger partial charge in [-0.1, -0.05) is 38.1 Å². The van der Waals surface area contributed by atoms with E-state index in [1.54, 1.807) is 23.6 Å². The third kappa shape index (κ3) is 7.12. The van der Waals surface area contributed by atoms with Gasteiger partial charge in [-0.15, -0.1) is 22.7 Å². The Kier molecular flexibility index (Phi) is 10.5. The van der Waals surface area contributed by atoms with Crippen LogP contribution in [0.25, 0.3) is 11.1 Å². The van der Waals surface area contributed by atoms with Crippen LogP contribution >= 0.6 is 22.7 Å². The number of hydrazine groups is 2. The summed E-state index contributed by atoms with van der Waals surface area (Å²) in [5.41, 5.74) is 7.04. The average Bonchev–Trinajstić information content (AvgIpc) is 4.00. The molecule has 0 spiro atoms. The van der Waals surface area contributed by atoms with E-state index >= 15 is 0 Å². The second-order valence-electron chi connectivity index (χ2n) is 14.6. The minimum absolute atomic E-state index is 0.0380. The number of amides is 4. The first-order valence-corrected chi connectivity index (χ1v) is 24.3. The number of sulfonamides is 2. The van der Waals surface area contributed by atoms with E-state index in [2.05, 4.69) is 9.97 Å². The number of carbonyl (C=O) groups is 4. The van der Waals surface area contributed by atoms with Crippen molar-refractivity contribution in [3.63, 3.8) is 0 Å². The van der Waals surface area contributed by atoms with Crippen LogP contribution in [0.4, 0.5) is 11.4 Å². The fraction of sp³-hybridized carbons (Fsp3) is 0.421. The van der Waals surface area contributed by atoms with E-state index < -0.39 is 31.9 Å². The third-order valence-electron chi connectivity index (χ3n) is 10.8. The molecule has 4 amide bonds. The van der Waals surface area contributed by atoms with Crippen LogP contribution in [0.2, 0.25) is 0 Å². The van der Waals surface area contributed by atoms with Crippen LogP contribution in [-0.2, 0) is 68.4 Å². The average molecular weight is 867 g/mol. The van der Waals surface area contributed by atoms with Crippen molar-refractivity contribution in [3.8, 4) is 11.1 Å². The Balaban J connectivity index is 1.01. The van der Waals surface area contributed by atoms with Crippen LogP contribution in [0.1, 0.15) is 78.6 Å². The molecular weight excluding hydrogens is 825 g/mol. The molecule has 2 aromatic heterocycles. The van der Waals surface area contributed by atoms with Gasteiger partial charge in [-0.2, -0.15) is 18.8 Å². The predicted molar refractivity (Wildman–Crippen MR) is 219 cm³/mol. The molecule has 0 saturated heterocycles. The van der Waals surface area contributed by atoms with Gasteiger partial charge in [-0.25, -0.2) is 26.8 Å². The lowest BCUT2D eigenvalue weighted by atomic mass is 9.93. The summed E-state index contributed by atoms with van der Waals surface area (Å²) in [5, 5.41) is 3.64. The Morgan fingerprint density at radius 1 is 0.621 bits per heavy atom. The summed E-state index contributed by atoms with van der Waals surface area (Å²) in [4.78, 5) is 67.6. The van der Waals surface area contributed by atoms with E-state index in [0.29, 0.717) is 48.8 Å². The third-order valence-corrected chi connectivity index (χ3v) is 15.1. The fourth-order valence-electron chi connectivity index (χ4n) is 8.26. The first-order valence-electron chi connectivity index (χ1n) is 19.0. The summed E-state index contributed by atoms with van der Waals surface area (Å²) in [5.74, 6) is -1.51. The largest absolute Gasteiger partial charge is 0.306 e. The molecule has 0 atom stereocenters. The summed E-state index contributed by atoms with van der Waals surface area (Å²) in [6, 6.07) is 11.8. The number of hydrogen-bond donors (Lipinski definition) is 0. The molecule has 8 rings (SSSR count). The molecule has 58 heavy (non-hydrogen) atoms. The topological polar surface area (TPSA) is 182 Å². The number of benzene rings is 2. The normalized spacial score (nSPS) is 16.8. The quantitative estimate of drug-likeness (QED) is 0.239. The van der Waals surface area contributed by atoms with Crippen molar-refractivity contribution in [3.05, 3.63) is 78.7 Å². The van der Waals surface area contributed by atoms with E-state index in [0.717, 1.165) is 76.1 Å². The SMILES string of the molecule is CCC(=O)N(N1CCc2nc(C(=O)N3CCc4c(-c5cccc6c5CCN6C(=O)c5nc6c(s5)CN(N(C(=O)CC)S(C)(=O)=O)CC6)cccc43)sc2C1)S(C)(=O)=O. The molecule has 4 aliphatic rings. The van der Waals surface area contributed by atoms with Gasteiger partial charge in [-0.3, -0.25) is 19.2 Å². The molecule has 0 N–H and O–H groups in total. The Labute approximate surface area is 344 Å². The van der Waals surface area contributed by atoms with E-state index in [1.807, 2.05) is 36.4 Å². The summed E-state index contributed by atoms with van der Waals surface area (Å²) < 4.78 is 51.7. The van der Waals surface area contributed by atoms with Crippen LogP contribution in [0.5, 0.6) is 0 Å². The predicted octanol–water partition coefficient (Wildman–Crippen LogP) is 3.62. The number of anilines is 2. The Hall–Kier alpha value is -4.60. The molecule has 0 fully saturated rings. The van der Waals surface area contributed by atoms with Gasteiger partial charge >= 0.3 is 0 Å². The highest BCUT2D eigenvalue weighted by Gasteiger charge is 2.38. The molecule has 20 heteroatoms. The van der Waals surface area contributed by atoms with Crippen LogP contribution in [0, 0.1) is 0 Å². The summed E-state index contributed by atoms with van der Waals surface area (Å²) >= 11 is 2.45. The van der Waals surface area contributed by atoms with Crippen LogP contribution in [0.15, 0.2) is 36.4 Å². The number of rotatable bonds is 9. The lowest BCUT2D eigenvalue weighted by molar-refractivity contribution is -0.138. The highest BCUT2D eigenvalue weighted by atomic mass is 32.2. The second kappa shape index (κ2) is 15.2. The van der Waals surface area contributed by atoms with Gasteiger partial charge in [0.05, 0.1) is 37.0 Å². The number of fused-ring (bicyclic) bond motifs is 4. The van der Waals surface area contributed by atoms with E-state index in [1.165, 1.54) is 32.7 Å². The van der Waals surface area contributed by atoms with Gasteiger partial charge in [-0.05, 0) is 47.2 Å². The zero-order chi connectivity index (χ0) is 41.3. The summed E-state index contributed by atoms with van der Waals surface area (Å²) in [6.07, 6.45) is 4.13. The van der Waals surface area contributed by atoms with Gasteiger partial charge in [0, 0.05) is 73.0 Å². The highest BCUT2D eigenvalue weighted by Crippen LogP contribution is 2.43. The summed E-state index contributed by atoms with van der Waals surface area (Å²) in [7, 11) is -7.65. The standard InChI is InChI=1S/C38H42N8O8S4/c1-5-33(47)45(57(3,51)52)41-17-15-27-31(21-41)55-35(39-27)37(49)43-19-13-25-23(9-7-11-29(25)43)24-10-8-12-30-26(24)14-20-44(30)38(50)36-40-28-16-18-42(22-32(28)56-36)46(34(48)6-2)58(4,53)54/h7-12H,5-6,13-22H2,1-4H3. The Morgan fingerprint density at radius 3 is 1.38 bits per heavy atom. The fourth-order valence-corrected chi connectivity index (χ4v) is 12.5. The lowest BCUT2D eigenvalue weighted by Crippen LogP contribution is -2.50. The molecule has 306 valence electrons. The van der Waals surface area contributed by atoms with Crippen molar-refractivity contribution in [1.82, 2.24) is 28.8 Å². The van der Waals surface area contributed by atoms with Crippen molar-refractivity contribution < 1.29 is 36.0 Å². The molecular formula is C38H42N8O8S4. The molecule has 16 nitrogen and oxygen atoms in total. The van der Waals surface area contributed by atoms with Crippen LogP contribution in [0.3, 0.4) is 0 Å². The van der Waals surface area contributed by atoms with Crippen LogP contribution < -0.4 is 9.80 Å². The molecule has 0 aliphatic carbocycles. The van der Waals surface area contributed by atoms with Gasteiger partial charge in [0.1, 0.15) is 0 Å². The van der Waals surface area contributed by atoms with Crippen molar-refractivity contribution in [2.45, 2.75) is 65.5 Å². The molecule has 0 radical (unpaired) electrons. The number of thiazole rings is 2. The van der Waals surface area contributed by atoms with E-state index in [9.17, 15) is 36.0 Å². The van der Waals surface area contributed by atoms with Gasteiger partial charge in [0.15, 0.2) is 10.0 Å². The molecule has 2 aromatic carbocycles. The van der Waals surface area contributed by atoms with E-state index in [-0.39, 0.29) is 50.8 Å². The van der Waals surface area contributed by atoms with Crippen molar-refractivity contribution >= 4 is 77.7 Å². The first-order chi connectivity index (χ1) is 27.6. The van der Waals surface area contributed by atoms with Crippen LogP contribution in [-0.4, -0.2) is 108 Å². The molecule has 0 saturated carbocycles. The number of aromatic nitrogens is 2. The first kappa shape index (κ1) is 40.2. The minimum Gasteiger partial charge on any atom is -0.306 e. The van der Waals surface area contributed by atoms with Crippen molar-refractivity contribution in [2.24, 2.45) is 0 Å². The number of hydrogen-bond acceptors (Lipinski definition) is 14. The zero-order valence-corrected chi connectivity index (χ0v) is 35.7. The maximum Gasteiger partial charge on any atom is 0.287 e. The van der Waals surface area contributed by atoms with E-state index in [4.69, 9.17) is 0 Å². The maximum atomic E-state index is 14.1. The molecule has 6 heterocycles. The number of carbonyl (C=O) groups excluding carboxylic acids is 4.